The number of carboxylic acid groups (broad SMARTS) is 1. The largest absolute Gasteiger partial charge is 0.478 e. The minimum atomic E-state index is -1.53. The number of hydrogen-bond acceptors (Lipinski definition) is 6. The van der Waals surface area contributed by atoms with Crippen LogP contribution in [0.5, 0.6) is 0 Å². The summed E-state index contributed by atoms with van der Waals surface area (Å²) in [5.74, 6) is -2.51. The molecule has 3 rings (SSSR count). The van der Waals surface area contributed by atoms with Crippen LogP contribution in [0.25, 0.3) is 11.2 Å². The van der Waals surface area contributed by atoms with Crippen LogP contribution in [-0.4, -0.2) is 34.7 Å². The lowest BCUT2D eigenvalue weighted by Gasteiger charge is -2.02. The summed E-state index contributed by atoms with van der Waals surface area (Å²) in [4.78, 5) is 46.9. The Hall–Kier alpha value is -3.83. The third kappa shape index (κ3) is 3.58. The van der Waals surface area contributed by atoms with E-state index in [4.69, 9.17) is 5.11 Å². The highest BCUT2D eigenvalue weighted by molar-refractivity contribution is 5.88. The zero-order valence-electron chi connectivity index (χ0n) is 14.4. The Morgan fingerprint density at radius 3 is 2.41 bits per heavy atom. The molecule has 3 aromatic rings. The number of fused-ring (bicyclic) bond motifs is 1. The number of benzene rings is 1. The molecule has 0 spiro atoms. The smallest absolute Gasteiger partial charge is 0.338 e. The van der Waals surface area contributed by atoms with Crippen molar-refractivity contribution in [1.29, 1.82) is 0 Å². The number of non-ortho nitro benzene ring substituents is 1. The van der Waals surface area contributed by atoms with E-state index < -0.39 is 28.0 Å². The maximum atomic E-state index is 12.7. The lowest BCUT2D eigenvalue weighted by atomic mass is 10.2. The van der Waals surface area contributed by atoms with E-state index in [1.807, 2.05) is 0 Å². The third-order valence-electron chi connectivity index (χ3n) is 3.71. The second kappa shape index (κ2) is 7.19. The Kier molecular flexibility index (Phi) is 5.19. The van der Waals surface area contributed by atoms with Gasteiger partial charge in [0.25, 0.3) is 11.2 Å². The fourth-order valence-corrected chi connectivity index (χ4v) is 2.26. The van der Waals surface area contributed by atoms with E-state index >= 15 is 0 Å². The first kappa shape index (κ1) is 19.5. The van der Waals surface area contributed by atoms with Gasteiger partial charge in [-0.25, -0.2) is 19.0 Å². The summed E-state index contributed by atoms with van der Waals surface area (Å²) >= 11 is 0. The van der Waals surface area contributed by atoms with Crippen molar-refractivity contribution in [2.75, 3.05) is 0 Å². The van der Waals surface area contributed by atoms with Gasteiger partial charge in [-0.2, -0.15) is 0 Å². The number of aromatic carboxylic acids is 1. The summed E-state index contributed by atoms with van der Waals surface area (Å²) in [5, 5.41) is 18.6. The van der Waals surface area contributed by atoms with E-state index in [-0.39, 0.29) is 11.2 Å². The van der Waals surface area contributed by atoms with Gasteiger partial charge in [-0.05, 0) is 6.07 Å². The molecule has 0 saturated carbocycles. The monoisotopic (exact) mass is 379 g/mol. The van der Waals surface area contributed by atoms with Crippen LogP contribution in [0.3, 0.4) is 0 Å². The Morgan fingerprint density at radius 1 is 1.22 bits per heavy atom. The zero-order chi connectivity index (χ0) is 20.5. The minimum absolute atomic E-state index is 0.317. The highest BCUT2D eigenvalue weighted by atomic mass is 19.1. The lowest BCUT2D eigenvalue weighted by Crippen LogP contribution is -2.37. The number of carboxylic acids is 1. The van der Waals surface area contributed by atoms with Gasteiger partial charge in [0.2, 0.25) is 0 Å². The summed E-state index contributed by atoms with van der Waals surface area (Å²) in [5.41, 5.74) is -0.965. The first-order valence-electron chi connectivity index (χ1n) is 7.30. The van der Waals surface area contributed by atoms with E-state index in [9.17, 15) is 28.9 Å². The number of rotatable bonds is 2. The molecule has 0 saturated heterocycles. The number of halogens is 1. The predicted octanol–water partition coefficient (Wildman–Crippen LogP) is 0.403. The molecule has 0 unspecified atom stereocenters. The normalized spacial score (nSPS) is 10.4. The molecule has 0 bridgehead atoms. The van der Waals surface area contributed by atoms with E-state index in [1.165, 1.54) is 17.9 Å². The molecule has 0 aliphatic carbocycles. The van der Waals surface area contributed by atoms with Crippen LogP contribution in [0.2, 0.25) is 0 Å². The van der Waals surface area contributed by atoms with Gasteiger partial charge < -0.3 is 9.67 Å². The first-order chi connectivity index (χ1) is 12.6. The van der Waals surface area contributed by atoms with Gasteiger partial charge >= 0.3 is 11.7 Å². The van der Waals surface area contributed by atoms with Crippen LogP contribution in [0.4, 0.5) is 10.1 Å². The van der Waals surface area contributed by atoms with Crippen molar-refractivity contribution in [3.63, 3.8) is 0 Å². The van der Waals surface area contributed by atoms with Crippen LogP contribution in [0.1, 0.15) is 10.4 Å². The lowest BCUT2D eigenvalue weighted by molar-refractivity contribution is -0.384. The highest BCUT2D eigenvalue weighted by Gasteiger charge is 2.15. The number of nitrogens with zero attached hydrogens (tertiary/aromatic N) is 5. The minimum Gasteiger partial charge on any atom is -0.478 e. The Labute approximate surface area is 149 Å². The number of aryl methyl sites for hydroxylation is 2. The molecular weight excluding hydrogens is 365 g/mol. The fraction of sp³-hybridized carbons (Fsp3) is 0.200. The molecule has 27 heavy (non-hydrogen) atoms. The van der Waals surface area contributed by atoms with Crippen molar-refractivity contribution in [3.05, 3.63) is 66.9 Å². The number of aromatic nitrogens is 4. The van der Waals surface area contributed by atoms with Crippen LogP contribution in [-0.2, 0) is 21.1 Å². The number of nitro benzene ring substituents is 1. The molecule has 0 amide bonds. The van der Waals surface area contributed by atoms with Crippen molar-refractivity contribution in [3.8, 4) is 0 Å². The van der Waals surface area contributed by atoms with Gasteiger partial charge in [0.1, 0.15) is 11.4 Å². The van der Waals surface area contributed by atoms with E-state index in [1.54, 1.807) is 18.7 Å². The van der Waals surface area contributed by atoms with E-state index in [2.05, 4.69) is 4.98 Å². The molecule has 0 aliphatic rings. The number of imidazole rings is 1. The van der Waals surface area contributed by atoms with Gasteiger partial charge in [0, 0.05) is 33.3 Å². The molecule has 1 aromatic carbocycles. The second-order valence-corrected chi connectivity index (χ2v) is 5.46. The quantitative estimate of drug-likeness (QED) is 0.502. The maximum absolute atomic E-state index is 12.7. The first-order valence-corrected chi connectivity index (χ1v) is 7.30. The molecule has 0 radical (unpaired) electrons. The van der Waals surface area contributed by atoms with Gasteiger partial charge in [-0.3, -0.25) is 24.0 Å². The van der Waals surface area contributed by atoms with E-state index in [0.29, 0.717) is 17.2 Å². The summed E-state index contributed by atoms with van der Waals surface area (Å²) in [6.45, 7) is 0. The molecule has 11 nitrogen and oxygen atoms in total. The summed E-state index contributed by atoms with van der Waals surface area (Å²) in [6, 6.07) is 2.33. The van der Waals surface area contributed by atoms with Crippen LogP contribution in [0, 0.1) is 15.9 Å². The molecule has 1 N–H and O–H groups in total. The maximum Gasteiger partial charge on any atom is 0.338 e. The molecule has 2 heterocycles. The highest BCUT2D eigenvalue weighted by Crippen LogP contribution is 2.16. The molecule has 0 fully saturated rings. The summed E-state index contributed by atoms with van der Waals surface area (Å²) in [7, 11) is 4.77. The van der Waals surface area contributed by atoms with Crippen molar-refractivity contribution in [2.45, 2.75) is 0 Å². The topological polar surface area (TPSA) is 142 Å². The van der Waals surface area contributed by atoms with Crippen molar-refractivity contribution < 1.29 is 19.2 Å². The third-order valence-corrected chi connectivity index (χ3v) is 3.71. The van der Waals surface area contributed by atoms with Crippen LogP contribution >= 0.6 is 0 Å². The Morgan fingerprint density at radius 2 is 1.85 bits per heavy atom. The predicted molar refractivity (Wildman–Crippen MR) is 91.2 cm³/mol. The van der Waals surface area contributed by atoms with Crippen LogP contribution in [0.15, 0.2) is 34.1 Å². The second-order valence-electron chi connectivity index (χ2n) is 5.46. The van der Waals surface area contributed by atoms with Gasteiger partial charge in [-0.15, -0.1) is 0 Å². The van der Waals surface area contributed by atoms with Crippen molar-refractivity contribution >= 4 is 22.8 Å². The van der Waals surface area contributed by atoms with Crippen molar-refractivity contribution in [1.82, 2.24) is 18.7 Å². The summed E-state index contributed by atoms with van der Waals surface area (Å²) in [6.07, 6.45) is 1.52. The molecule has 0 aliphatic heterocycles. The number of hydrogen-bond donors (Lipinski definition) is 1. The molecule has 0 atom stereocenters. The number of carbonyl (C=O) groups is 1. The summed E-state index contributed by atoms with van der Waals surface area (Å²) < 4.78 is 16.7. The van der Waals surface area contributed by atoms with Crippen molar-refractivity contribution in [2.24, 2.45) is 21.1 Å². The zero-order valence-corrected chi connectivity index (χ0v) is 14.4. The molecule has 142 valence electrons. The van der Waals surface area contributed by atoms with Gasteiger partial charge in [0.05, 0.1) is 11.3 Å². The fourth-order valence-electron chi connectivity index (χ4n) is 2.26. The number of nitro groups is 1. The average molecular weight is 379 g/mol. The van der Waals surface area contributed by atoms with Gasteiger partial charge in [0.15, 0.2) is 11.2 Å². The average Bonchev–Trinajstić information content (AvgIpc) is 3.00. The van der Waals surface area contributed by atoms with Crippen LogP contribution < -0.4 is 11.2 Å². The van der Waals surface area contributed by atoms with Gasteiger partial charge in [-0.1, -0.05) is 0 Å². The molecular formula is C15H14FN5O6. The SMILES string of the molecule is Cn1c(=O)c2c(ncn2C)n(C)c1=O.O=C(O)c1cc([N+](=O)[O-])ccc1F. The van der Waals surface area contributed by atoms with E-state index in [0.717, 1.165) is 16.7 Å². The Balaban J connectivity index is 0.000000194. The molecule has 12 heteroatoms. The Bertz CT molecular complexity index is 1180. The molecule has 2 aromatic heterocycles. The standard InChI is InChI=1S/C8H10N4O2.C7H4FNO4/c1-10-4-9-6-5(10)7(13)12(3)8(14)11(6)2;8-6-2-1-4(9(12)13)3-5(6)7(10)11/h4H,1-3H3;1-3H,(H,10,11).